The van der Waals surface area contributed by atoms with Crippen LogP contribution in [0.2, 0.25) is 0 Å². The highest BCUT2D eigenvalue weighted by atomic mass is 32.2. The Morgan fingerprint density at radius 1 is 1.33 bits per heavy atom. The van der Waals surface area contributed by atoms with Crippen LogP contribution in [-0.4, -0.2) is 33.3 Å². The monoisotopic (exact) mass is 315 g/mol. The summed E-state index contributed by atoms with van der Waals surface area (Å²) in [6.07, 6.45) is 2.02. The summed E-state index contributed by atoms with van der Waals surface area (Å²) in [7, 11) is -3.59. The van der Waals surface area contributed by atoms with Gasteiger partial charge in [0.1, 0.15) is 5.75 Å². The third kappa shape index (κ3) is 5.30. The fourth-order valence-corrected chi connectivity index (χ4v) is 2.92. The van der Waals surface area contributed by atoms with Crippen LogP contribution in [0.5, 0.6) is 5.75 Å². The van der Waals surface area contributed by atoms with E-state index >= 15 is 0 Å². The van der Waals surface area contributed by atoms with Gasteiger partial charge in [-0.1, -0.05) is 27.2 Å². The summed E-state index contributed by atoms with van der Waals surface area (Å²) in [6.45, 7) is 6.50. The summed E-state index contributed by atoms with van der Waals surface area (Å²) >= 11 is 0. The number of nitrogens with one attached hydrogen (secondary N) is 1. The maximum absolute atomic E-state index is 12.1. The Morgan fingerprint density at radius 2 is 2.05 bits per heavy atom. The van der Waals surface area contributed by atoms with E-state index < -0.39 is 10.0 Å². The van der Waals surface area contributed by atoms with Crippen LogP contribution in [0.3, 0.4) is 0 Å². The smallest absolute Gasteiger partial charge is 0.240 e. The van der Waals surface area contributed by atoms with E-state index in [1.807, 2.05) is 13.8 Å². The number of aliphatic hydroxyl groups excluding tert-OH is 1. The highest BCUT2D eigenvalue weighted by Gasteiger charge is 2.17. The molecule has 1 aromatic rings. The largest absolute Gasteiger partial charge is 0.493 e. The van der Waals surface area contributed by atoms with Crippen LogP contribution in [-0.2, 0) is 10.0 Å². The molecular formula is C15H25NO4S. The molecule has 0 amide bonds. The van der Waals surface area contributed by atoms with E-state index in [9.17, 15) is 8.42 Å². The zero-order chi connectivity index (χ0) is 15.9. The number of ether oxygens (including phenoxy) is 1. The number of hydrogen-bond acceptors (Lipinski definition) is 4. The van der Waals surface area contributed by atoms with Gasteiger partial charge in [-0.15, -0.1) is 0 Å². The van der Waals surface area contributed by atoms with Crippen LogP contribution in [0.25, 0.3) is 0 Å². The molecule has 0 bridgehead atoms. The Morgan fingerprint density at radius 3 is 2.62 bits per heavy atom. The van der Waals surface area contributed by atoms with Crippen LogP contribution in [0, 0.1) is 0 Å². The SMILES string of the molecule is CCCCOc1ccc(S(=O)(=O)NCCO)cc1C(C)C. The van der Waals surface area contributed by atoms with Crippen LogP contribution in [0.4, 0.5) is 0 Å². The first-order valence-corrected chi connectivity index (χ1v) is 8.78. The second-order valence-electron chi connectivity index (χ2n) is 5.18. The standard InChI is InChI=1S/C15H25NO4S/c1-4-5-10-20-15-7-6-13(11-14(15)12(2)3)21(18,19)16-8-9-17/h6-7,11-12,16-17H,4-5,8-10H2,1-3H3. The summed E-state index contributed by atoms with van der Waals surface area (Å²) in [5.74, 6) is 0.897. The van der Waals surface area contributed by atoms with Gasteiger partial charge in [0.25, 0.3) is 0 Å². The van der Waals surface area contributed by atoms with Gasteiger partial charge < -0.3 is 9.84 Å². The fourth-order valence-electron chi connectivity index (χ4n) is 1.87. The lowest BCUT2D eigenvalue weighted by Crippen LogP contribution is -2.26. The molecular weight excluding hydrogens is 290 g/mol. The highest BCUT2D eigenvalue weighted by molar-refractivity contribution is 7.89. The van der Waals surface area contributed by atoms with Crippen molar-refractivity contribution in [2.45, 2.75) is 44.4 Å². The van der Waals surface area contributed by atoms with E-state index in [0.717, 1.165) is 24.2 Å². The molecule has 0 fully saturated rings. The number of sulfonamides is 1. The Bertz CT molecular complexity index is 541. The van der Waals surface area contributed by atoms with Gasteiger partial charge in [0.05, 0.1) is 18.1 Å². The first-order valence-electron chi connectivity index (χ1n) is 7.29. The molecule has 0 radical (unpaired) electrons. The minimum Gasteiger partial charge on any atom is -0.493 e. The lowest BCUT2D eigenvalue weighted by Gasteiger charge is -2.16. The first kappa shape index (κ1) is 17.9. The summed E-state index contributed by atoms with van der Waals surface area (Å²) in [5.41, 5.74) is 0.873. The first-order chi connectivity index (χ1) is 9.92. The molecule has 0 atom stereocenters. The summed E-state index contributed by atoms with van der Waals surface area (Å²) < 4.78 is 32.2. The van der Waals surface area contributed by atoms with E-state index in [2.05, 4.69) is 11.6 Å². The van der Waals surface area contributed by atoms with Crippen LogP contribution < -0.4 is 9.46 Å². The third-order valence-corrected chi connectivity index (χ3v) is 4.53. The van der Waals surface area contributed by atoms with E-state index in [1.54, 1.807) is 12.1 Å². The Hall–Kier alpha value is -1.11. The average molecular weight is 315 g/mol. The molecule has 5 nitrogen and oxygen atoms in total. The van der Waals surface area contributed by atoms with Crippen molar-refractivity contribution in [1.29, 1.82) is 0 Å². The highest BCUT2D eigenvalue weighted by Crippen LogP contribution is 2.29. The molecule has 0 saturated carbocycles. The molecule has 2 N–H and O–H groups in total. The lowest BCUT2D eigenvalue weighted by atomic mass is 10.0. The molecule has 0 aliphatic carbocycles. The number of unbranched alkanes of at least 4 members (excludes halogenated alkanes) is 1. The number of aliphatic hydroxyl groups is 1. The zero-order valence-electron chi connectivity index (χ0n) is 12.9. The van der Waals surface area contributed by atoms with Crippen molar-refractivity contribution in [2.24, 2.45) is 0 Å². The van der Waals surface area contributed by atoms with Crippen molar-refractivity contribution in [1.82, 2.24) is 4.72 Å². The second kappa shape index (κ2) is 8.36. The molecule has 0 heterocycles. The fraction of sp³-hybridized carbons (Fsp3) is 0.600. The molecule has 1 aromatic carbocycles. The van der Waals surface area contributed by atoms with Gasteiger partial charge in [-0.25, -0.2) is 13.1 Å². The van der Waals surface area contributed by atoms with Crippen molar-refractivity contribution < 1.29 is 18.3 Å². The topological polar surface area (TPSA) is 75.6 Å². The molecule has 0 spiro atoms. The van der Waals surface area contributed by atoms with Gasteiger partial charge in [0.2, 0.25) is 10.0 Å². The Balaban J connectivity index is 3.02. The van der Waals surface area contributed by atoms with E-state index in [4.69, 9.17) is 9.84 Å². The van der Waals surface area contributed by atoms with E-state index in [-0.39, 0.29) is 24.0 Å². The summed E-state index contributed by atoms with van der Waals surface area (Å²) in [5, 5.41) is 8.74. The molecule has 120 valence electrons. The minimum absolute atomic E-state index is 0.00803. The molecule has 0 saturated heterocycles. The molecule has 0 unspecified atom stereocenters. The maximum atomic E-state index is 12.1. The van der Waals surface area contributed by atoms with Crippen LogP contribution in [0.15, 0.2) is 23.1 Å². The maximum Gasteiger partial charge on any atom is 0.240 e. The zero-order valence-corrected chi connectivity index (χ0v) is 13.7. The van der Waals surface area contributed by atoms with Crippen LogP contribution >= 0.6 is 0 Å². The van der Waals surface area contributed by atoms with Gasteiger partial charge in [-0.2, -0.15) is 0 Å². The normalized spacial score (nSPS) is 11.9. The van der Waals surface area contributed by atoms with Gasteiger partial charge in [-0.3, -0.25) is 0 Å². The van der Waals surface area contributed by atoms with E-state index in [0.29, 0.717) is 6.61 Å². The third-order valence-electron chi connectivity index (χ3n) is 3.07. The van der Waals surface area contributed by atoms with E-state index in [1.165, 1.54) is 6.07 Å². The number of hydrogen-bond donors (Lipinski definition) is 2. The molecule has 6 heteroatoms. The van der Waals surface area contributed by atoms with Gasteiger partial charge in [0, 0.05) is 6.54 Å². The predicted octanol–water partition coefficient (Wildman–Crippen LogP) is 2.26. The van der Waals surface area contributed by atoms with Crippen molar-refractivity contribution in [3.63, 3.8) is 0 Å². The number of rotatable bonds is 9. The lowest BCUT2D eigenvalue weighted by molar-refractivity contribution is 0.301. The predicted molar refractivity (Wildman–Crippen MR) is 83.2 cm³/mol. The quantitative estimate of drug-likeness (QED) is 0.685. The molecule has 0 aliphatic rings. The molecule has 21 heavy (non-hydrogen) atoms. The van der Waals surface area contributed by atoms with Crippen LogP contribution in [0.1, 0.15) is 45.1 Å². The van der Waals surface area contributed by atoms with Crippen molar-refractivity contribution in [3.05, 3.63) is 23.8 Å². The Kier molecular flexibility index (Phi) is 7.14. The molecule has 0 aliphatic heterocycles. The summed E-state index contributed by atoms with van der Waals surface area (Å²) in [6, 6.07) is 4.89. The Labute approximate surface area is 127 Å². The summed E-state index contributed by atoms with van der Waals surface area (Å²) in [4.78, 5) is 0.197. The average Bonchev–Trinajstić information content (AvgIpc) is 2.45. The van der Waals surface area contributed by atoms with Gasteiger partial charge in [-0.05, 0) is 36.1 Å². The van der Waals surface area contributed by atoms with Gasteiger partial charge >= 0.3 is 0 Å². The van der Waals surface area contributed by atoms with Crippen molar-refractivity contribution in [2.75, 3.05) is 19.8 Å². The molecule has 1 rings (SSSR count). The van der Waals surface area contributed by atoms with Crippen molar-refractivity contribution in [3.8, 4) is 5.75 Å². The molecule has 0 aromatic heterocycles. The van der Waals surface area contributed by atoms with Gasteiger partial charge in [0.15, 0.2) is 0 Å². The second-order valence-corrected chi connectivity index (χ2v) is 6.94. The van der Waals surface area contributed by atoms with Crippen molar-refractivity contribution >= 4 is 10.0 Å². The minimum atomic E-state index is -3.59. The number of benzene rings is 1.